The molecular formula is C15H17N3O2. The van der Waals surface area contributed by atoms with Crippen molar-refractivity contribution in [2.45, 2.75) is 25.3 Å². The van der Waals surface area contributed by atoms with Gasteiger partial charge in [0.1, 0.15) is 12.4 Å². The van der Waals surface area contributed by atoms with Gasteiger partial charge in [-0.25, -0.2) is 4.98 Å². The number of nitrogens with zero attached hydrogens (tertiary/aromatic N) is 1. The van der Waals surface area contributed by atoms with Crippen molar-refractivity contribution in [1.82, 2.24) is 15.3 Å². The lowest BCUT2D eigenvalue weighted by atomic mass is 9.88. The number of imidazole rings is 1. The molecule has 1 aliphatic rings. The lowest BCUT2D eigenvalue weighted by Gasteiger charge is -2.24. The molecule has 0 spiro atoms. The molecule has 104 valence electrons. The van der Waals surface area contributed by atoms with Gasteiger partial charge < -0.3 is 15.0 Å². The second-order valence-electron chi connectivity index (χ2n) is 5.47. The Bertz CT molecular complexity index is 620. The van der Waals surface area contributed by atoms with Crippen molar-refractivity contribution < 1.29 is 9.53 Å². The van der Waals surface area contributed by atoms with E-state index in [1.807, 2.05) is 38.1 Å². The third-order valence-corrected chi connectivity index (χ3v) is 3.74. The number of amides is 1. The minimum Gasteiger partial charge on any atom is -0.491 e. The highest BCUT2D eigenvalue weighted by molar-refractivity contribution is 5.87. The topological polar surface area (TPSA) is 67.0 Å². The molecule has 0 radical (unpaired) electrons. The standard InChI is InChI=1S/C15H17N3O2/c1-15(2,13-7-16-9-17-13)14(19)18-11-8-20-12-6-4-3-5-10(11)12/h3-7,9,11H,8H2,1-2H3,(H,16,17)(H,18,19)/t11-/m1/s1. The average Bonchev–Trinajstić information content (AvgIpc) is 3.09. The third-order valence-electron chi connectivity index (χ3n) is 3.74. The number of aromatic amines is 1. The maximum Gasteiger partial charge on any atom is 0.232 e. The van der Waals surface area contributed by atoms with Gasteiger partial charge in [0.25, 0.3) is 0 Å². The van der Waals surface area contributed by atoms with E-state index < -0.39 is 5.41 Å². The van der Waals surface area contributed by atoms with Crippen molar-refractivity contribution in [3.05, 3.63) is 48.0 Å². The Hall–Kier alpha value is -2.30. The molecule has 20 heavy (non-hydrogen) atoms. The van der Waals surface area contributed by atoms with Gasteiger partial charge in [0, 0.05) is 17.5 Å². The van der Waals surface area contributed by atoms with Crippen LogP contribution in [0.2, 0.25) is 0 Å². The fourth-order valence-electron chi connectivity index (χ4n) is 2.34. The van der Waals surface area contributed by atoms with Crippen molar-refractivity contribution in [3.8, 4) is 5.75 Å². The van der Waals surface area contributed by atoms with Crippen LogP contribution in [0.5, 0.6) is 5.75 Å². The molecule has 3 rings (SSSR count). The maximum atomic E-state index is 12.5. The molecule has 0 saturated heterocycles. The van der Waals surface area contributed by atoms with Crippen LogP contribution >= 0.6 is 0 Å². The summed E-state index contributed by atoms with van der Waals surface area (Å²) < 4.78 is 5.58. The van der Waals surface area contributed by atoms with Crippen LogP contribution in [0.25, 0.3) is 0 Å². The molecular weight excluding hydrogens is 254 g/mol. The molecule has 0 bridgehead atoms. The first-order valence-electron chi connectivity index (χ1n) is 6.60. The normalized spacial score (nSPS) is 17.4. The van der Waals surface area contributed by atoms with E-state index in [1.165, 1.54) is 0 Å². The van der Waals surface area contributed by atoms with E-state index in [-0.39, 0.29) is 11.9 Å². The molecule has 1 atom stereocenters. The Morgan fingerprint density at radius 2 is 2.25 bits per heavy atom. The third kappa shape index (κ3) is 2.05. The summed E-state index contributed by atoms with van der Waals surface area (Å²) in [5.41, 5.74) is 1.16. The molecule has 1 aromatic heterocycles. The number of hydrogen-bond acceptors (Lipinski definition) is 3. The SMILES string of the molecule is CC(C)(C(=O)N[C@@H]1COc2ccccc21)c1cnc[nH]1. The number of benzene rings is 1. The Morgan fingerprint density at radius 1 is 1.45 bits per heavy atom. The quantitative estimate of drug-likeness (QED) is 0.896. The van der Waals surface area contributed by atoms with E-state index >= 15 is 0 Å². The molecule has 0 unspecified atom stereocenters. The number of hydrogen-bond donors (Lipinski definition) is 2. The van der Waals surface area contributed by atoms with Gasteiger partial charge in [-0.2, -0.15) is 0 Å². The molecule has 0 fully saturated rings. The van der Waals surface area contributed by atoms with Gasteiger partial charge in [0.05, 0.1) is 17.8 Å². The summed E-state index contributed by atoms with van der Waals surface area (Å²) >= 11 is 0. The Kier molecular flexibility index (Phi) is 2.97. The fourth-order valence-corrected chi connectivity index (χ4v) is 2.34. The van der Waals surface area contributed by atoms with Crippen LogP contribution in [0.4, 0.5) is 0 Å². The van der Waals surface area contributed by atoms with Gasteiger partial charge in [0.15, 0.2) is 0 Å². The first-order valence-corrected chi connectivity index (χ1v) is 6.60. The van der Waals surface area contributed by atoms with Crippen molar-refractivity contribution in [3.63, 3.8) is 0 Å². The monoisotopic (exact) mass is 271 g/mol. The fraction of sp³-hybridized carbons (Fsp3) is 0.333. The molecule has 2 aromatic rings. The second kappa shape index (κ2) is 4.67. The number of H-pyrrole nitrogens is 1. The molecule has 0 aliphatic carbocycles. The van der Waals surface area contributed by atoms with Gasteiger partial charge in [-0.05, 0) is 19.9 Å². The van der Waals surface area contributed by atoms with Crippen LogP contribution in [-0.4, -0.2) is 22.5 Å². The van der Waals surface area contributed by atoms with Crippen molar-refractivity contribution in [2.75, 3.05) is 6.61 Å². The van der Waals surface area contributed by atoms with E-state index in [0.717, 1.165) is 17.0 Å². The van der Waals surface area contributed by atoms with Crippen LogP contribution < -0.4 is 10.1 Å². The van der Waals surface area contributed by atoms with E-state index in [0.29, 0.717) is 6.61 Å². The van der Waals surface area contributed by atoms with Crippen molar-refractivity contribution >= 4 is 5.91 Å². The minimum atomic E-state index is -0.659. The van der Waals surface area contributed by atoms with Gasteiger partial charge in [0.2, 0.25) is 5.91 Å². The van der Waals surface area contributed by atoms with Crippen LogP contribution in [-0.2, 0) is 10.2 Å². The summed E-state index contributed by atoms with van der Waals surface area (Å²) in [6, 6.07) is 7.68. The van der Waals surface area contributed by atoms with Crippen molar-refractivity contribution in [2.24, 2.45) is 0 Å². The Labute approximate surface area is 117 Å². The lowest BCUT2D eigenvalue weighted by Crippen LogP contribution is -2.42. The number of carbonyl (C=O) groups excluding carboxylic acids is 1. The van der Waals surface area contributed by atoms with Crippen LogP contribution in [0.15, 0.2) is 36.8 Å². The summed E-state index contributed by atoms with van der Waals surface area (Å²) in [4.78, 5) is 19.5. The number of nitrogens with one attached hydrogen (secondary N) is 2. The summed E-state index contributed by atoms with van der Waals surface area (Å²) in [7, 11) is 0. The maximum absolute atomic E-state index is 12.5. The highest BCUT2D eigenvalue weighted by Crippen LogP contribution is 2.32. The first-order chi connectivity index (χ1) is 9.59. The molecule has 1 aliphatic heterocycles. The summed E-state index contributed by atoms with van der Waals surface area (Å²) in [5, 5.41) is 3.05. The Balaban J connectivity index is 1.78. The largest absolute Gasteiger partial charge is 0.491 e. The van der Waals surface area contributed by atoms with E-state index in [1.54, 1.807) is 12.5 Å². The van der Waals surface area contributed by atoms with E-state index in [2.05, 4.69) is 15.3 Å². The number of ether oxygens (including phenoxy) is 1. The predicted molar refractivity (Wildman–Crippen MR) is 74.4 cm³/mol. The predicted octanol–water partition coefficient (Wildman–Crippen LogP) is 1.94. The number of rotatable bonds is 3. The zero-order valence-electron chi connectivity index (χ0n) is 11.5. The summed E-state index contributed by atoms with van der Waals surface area (Å²) in [6.07, 6.45) is 3.26. The zero-order valence-corrected chi connectivity index (χ0v) is 11.5. The number of fused-ring (bicyclic) bond motifs is 1. The van der Waals surface area contributed by atoms with Crippen LogP contribution in [0.1, 0.15) is 31.1 Å². The lowest BCUT2D eigenvalue weighted by molar-refractivity contribution is -0.126. The highest BCUT2D eigenvalue weighted by Gasteiger charge is 2.34. The summed E-state index contributed by atoms with van der Waals surface area (Å²) in [5.74, 6) is 0.796. The van der Waals surface area contributed by atoms with Gasteiger partial charge in [-0.3, -0.25) is 4.79 Å². The molecule has 5 heteroatoms. The average molecular weight is 271 g/mol. The molecule has 0 saturated carbocycles. The highest BCUT2D eigenvalue weighted by atomic mass is 16.5. The van der Waals surface area contributed by atoms with Gasteiger partial charge in [-0.15, -0.1) is 0 Å². The summed E-state index contributed by atoms with van der Waals surface area (Å²) in [6.45, 7) is 4.22. The smallest absolute Gasteiger partial charge is 0.232 e. The minimum absolute atomic E-state index is 0.0490. The number of carbonyl (C=O) groups is 1. The molecule has 2 N–H and O–H groups in total. The van der Waals surface area contributed by atoms with Gasteiger partial charge in [-0.1, -0.05) is 18.2 Å². The van der Waals surface area contributed by atoms with Crippen molar-refractivity contribution in [1.29, 1.82) is 0 Å². The van der Waals surface area contributed by atoms with E-state index in [9.17, 15) is 4.79 Å². The first kappa shape index (κ1) is 12.7. The zero-order chi connectivity index (χ0) is 14.2. The molecule has 1 aromatic carbocycles. The number of para-hydroxylation sites is 1. The molecule has 5 nitrogen and oxygen atoms in total. The van der Waals surface area contributed by atoms with E-state index in [4.69, 9.17) is 4.74 Å². The molecule has 1 amide bonds. The van der Waals surface area contributed by atoms with Gasteiger partial charge >= 0.3 is 0 Å². The second-order valence-corrected chi connectivity index (χ2v) is 5.47. The van der Waals surface area contributed by atoms with Crippen LogP contribution in [0, 0.1) is 0 Å². The Morgan fingerprint density at radius 3 is 3.00 bits per heavy atom. The van der Waals surface area contributed by atoms with Crippen LogP contribution in [0.3, 0.4) is 0 Å². The molecule has 2 heterocycles. The number of aromatic nitrogens is 2.